The van der Waals surface area contributed by atoms with Gasteiger partial charge in [-0.2, -0.15) is 0 Å². The maximum Gasteiger partial charge on any atom is 0.165 e. The van der Waals surface area contributed by atoms with Crippen molar-refractivity contribution in [1.82, 2.24) is 19.5 Å². The smallest absolute Gasteiger partial charge is 0.165 e. The van der Waals surface area contributed by atoms with Gasteiger partial charge in [0.05, 0.1) is 0 Å². The zero-order valence-electron chi connectivity index (χ0n) is 15.0. The Labute approximate surface area is 148 Å². The van der Waals surface area contributed by atoms with Gasteiger partial charge in [0.25, 0.3) is 0 Å². The summed E-state index contributed by atoms with van der Waals surface area (Å²) in [5, 5.41) is 0. The molecule has 0 bridgehead atoms. The van der Waals surface area contributed by atoms with Crippen LogP contribution in [0.1, 0.15) is 40.9 Å². The van der Waals surface area contributed by atoms with Gasteiger partial charge in [-0.05, 0) is 43.9 Å². The van der Waals surface area contributed by atoms with E-state index in [-0.39, 0.29) is 0 Å². The molecule has 3 rings (SSSR count). The molecule has 0 unspecified atom stereocenters. The SMILES string of the molecule is C#CCCCn1c(Cc2c(C)cc(C)cc2C)nc2c(N)ncnc21. The first-order valence-corrected chi connectivity index (χ1v) is 8.47. The summed E-state index contributed by atoms with van der Waals surface area (Å²) in [7, 11) is 0. The summed E-state index contributed by atoms with van der Waals surface area (Å²) >= 11 is 0. The molecule has 2 heterocycles. The van der Waals surface area contributed by atoms with Crippen molar-refractivity contribution in [2.45, 2.75) is 46.6 Å². The number of aryl methyl sites for hydroxylation is 4. The fraction of sp³-hybridized carbons (Fsp3) is 0.350. The molecule has 3 aromatic rings. The number of rotatable bonds is 5. The molecule has 0 aliphatic carbocycles. The second kappa shape index (κ2) is 6.94. The van der Waals surface area contributed by atoms with Gasteiger partial charge in [0, 0.05) is 19.4 Å². The highest BCUT2D eigenvalue weighted by Crippen LogP contribution is 2.24. The predicted molar refractivity (Wildman–Crippen MR) is 101 cm³/mol. The Morgan fingerprint density at radius 3 is 2.56 bits per heavy atom. The molecule has 5 heteroatoms. The van der Waals surface area contributed by atoms with E-state index < -0.39 is 0 Å². The maximum atomic E-state index is 6.01. The summed E-state index contributed by atoms with van der Waals surface area (Å²) in [5.74, 6) is 4.06. The number of hydrogen-bond acceptors (Lipinski definition) is 4. The lowest BCUT2D eigenvalue weighted by Crippen LogP contribution is -2.07. The van der Waals surface area contributed by atoms with E-state index >= 15 is 0 Å². The lowest BCUT2D eigenvalue weighted by atomic mass is 9.97. The number of fused-ring (bicyclic) bond motifs is 1. The average Bonchev–Trinajstić information content (AvgIpc) is 2.90. The fourth-order valence-electron chi connectivity index (χ4n) is 3.36. The predicted octanol–water partition coefficient (Wildman–Crippen LogP) is 3.34. The Hall–Kier alpha value is -2.87. The number of nitrogens with zero attached hydrogens (tertiary/aromatic N) is 4. The van der Waals surface area contributed by atoms with E-state index in [1.54, 1.807) is 0 Å². The molecule has 0 spiro atoms. The van der Waals surface area contributed by atoms with E-state index in [0.29, 0.717) is 11.3 Å². The van der Waals surface area contributed by atoms with E-state index in [1.165, 1.54) is 28.6 Å². The molecule has 0 aliphatic heterocycles. The van der Waals surface area contributed by atoms with Crippen molar-refractivity contribution in [1.29, 1.82) is 0 Å². The summed E-state index contributed by atoms with van der Waals surface area (Å²) in [4.78, 5) is 13.2. The molecule has 0 fully saturated rings. The Morgan fingerprint density at radius 1 is 1.16 bits per heavy atom. The molecule has 0 atom stereocenters. The van der Waals surface area contributed by atoms with Gasteiger partial charge < -0.3 is 10.3 Å². The van der Waals surface area contributed by atoms with Crippen molar-refractivity contribution in [3.05, 3.63) is 46.5 Å². The van der Waals surface area contributed by atoms with E-state index in [2.05, 4.69) is 53.4 Å². The van der Waals surface area contributed by atoms with Crippen LogP contribution < -0.4 is 5.73 Å². The molecule has 0 amide bonds. The van der Waals surface area contributed by atoms with Crippen LogP contribution >= 0.6 is 0 Å². The minimum absolute atomic E-state index is 0.416. The van der Waals surface area contributed by atoms with Crippen LogP contribution in [0.5, 0.6) is 0 Å². The fourth-order valence-corrected chi connectivity index (χ4v) is 3.36. The number of benzene rings is 1. The highest BCUT2D eigenvalue weighted by Gasteiger charge is 2.16. The molecule has 5 nitrogen and oxygen atoms in total. The lowest BCUT2D eigenvalue weighted by Gasteiger charge is -2.13. The molecule has 0 radical (unpaired) electrons. The molecule has 0 saturated heterocycles. The van der Waals surface area contributed by atoms with Crippen molar-refractivity contribution < 1.29 is 0 Å². The van der Waals surface area contributed by atoms with Gasteiger partial charge >= 0.3 is 0 Å². The third kappa shape index (κ3) is 3.34. The van der Waals surface area contributed by atoms with Crippen LogP contribution in [0.2, 0.25) is 0 Å². The highest BCUT2D eigenvalue weighted by molar-refractivity contribution is 5.81. The molecule has 128 valence electrons. The zero-order valence-corrected chi connectivity index (χ0v) is 15.0. The molecule has 2 N–H and O–H groups in total. The van der Waals surface area contributed by atoms with Gasteiger partial charge in [-0.15, -0.1) is 12.3 Å². The molecule has 2 aromatic heterocycles. The highest BCUT2D eigenvalue weighted by atomic mass is 15.1. The molecule has 25 heavy (non-hydrogen) atoms. The van der Waals surface area contributed by atoms with Gasteiger partial charge in [0.2, 0.25) is 0 Å². The van der Waals surface area contributed by atoms with Gasteiger partial charge in [0.15, 0.2) is 17.0 Å². The van der Waals surface area contributed by atoms with Crippen LogP contribution in [0, 0.1) is 33.1 Å². The van der Waals surface area contributed by atoms with Gasteiger partial charge in [0.1, 0.15) is 12.2 Å². The number of terminal acetylenes is 1. The number of aromatic nitrogens is 4. The van der Waals surface area contributed by atoms with E-state index in [1.807, 2.05) is 0 Å². The van der Waals surface area contributed by atoms with Crippen LogP contribution in [0.15, 0.2) is 18.5 Å². The minimum atomic E-state index is 0.416. The largest absolute Gasteiger partial charge is 0.382 e. The number of anilines is 1. The molecule has 0 saturated carbocycles. The van der Waals surface area contributed by atoms with Crippen LogP contribution in [0.25, 0.3) is 11.2 Å². The van der Waals surface area contributed by atoms with Crippen molar-refractivity contribution >= 4 is 17.0 Å². The zero-order chi connectivity index (χ0) is 18.0. The molecular weight excluding hydrogens is 310 g/mol. The first-order chi connectivity index (χ1) is 12.0. The topological polar surface area (TPSA) is 69.6 Å². The minimum Gasteiger partial charge on any atom is -0.382 e. The van der Waals surface area contributed by atoms with Crippen LogP contribution in [-0.2, 0) is 13.0 Å². The Balaban J connectivity index is 2.07. The summed E-state index contributed by atoms with van der Waals surface area (Å²) in [5.41, 5.74) is 12.6. The van der Waals surface area contributed by atoms with Crippen molar-refractivity contribution in [3.8, 4) is 12.3 Å². The van der Waals surface area contributed by atoms with Gasteiger partial charge in [-0.1, -0.05) is 17.7 Å². The van der Waals surface area contributed by atoms with Crippen LogP contribution in [-0.4, -0.2) is 19.5 Å². The second-order valence-electron chi connectivity index (χ2n) is 6.47. The number of nitrogens with two attached hydrogens (primary N) is 1. The quantitative estimate of drug-likeness (QED) is 0.574. The summed E-state index contributed by atoms with van der Waals surface area (Å²) < 4.78 is 2.13. The number of nitrogen functional groups attached to an aromatic ring is 1. The molecular formula is C20H23N5. The van der Waals surface area contributed by atoms with Crippen molar-refractivity contribution in [3.63, 3.8) is 0 Å². The van der Waals surface area contributed by atoms with Gasteiger partial charge in [-0.3, -0.25) is 0 Å². The third-order valence-electron chi connectivity index (χ3n) is 4.52. The maximum absolute atomic E-state index is 6.01. The Bertz CT molecular complexity index is 939. The van der Waals surface area contributed by atoms with E-state index in [9.17, 15) is 0 Å². The first kappa shape index (κ1) is 17.0. The Morgan fingerprint density at radius 2 is 1.88 bits per heavy atom. The Kier molecular flexibility index (Phi) is 4.71. The van der Waals surface area contributed by atoms with E-state index in [4.69, 9.17) is 17.1 Å². The molecule has 1 aromatic carbocycles. The lowest BCUT2D eigenvalue weighted by molar-refractivity contribution is 0.638. The molecule has 0 aliphatic rings. The third-order valence-corrected chi connectivity index (χ3v) is 4.52. The first-order valence-electron chi connectivity index (χ1n) is 8.47. The monoisotopic (exact) mass is 333 g/mol. The second-order valence-corrected chi connectivity index (χ2v) is 6.47. The summed E-state index contributed by atoms with van der Waals surface area (Å²) in [6.07, 6.45) is 9.23. The number of hydrogen-bond donors (Lipinski definition) is 1. The standard InChI is InChI=1S/C20H23N5/c1-5-6-7-8-25-17(24-18-19(21)22-12-23-20(18)25)11-16-14(3)9-13(2)10-15(16)4/h1,9-10,12H,6-8,11H2,2-4H3,(H2,21,22,23). The summed E-state index contributed by atoms with van der Waals surface area (Å²) in [6.45, 7) is 7.19. The van der Waals surface area contributed by atoms with Crippen LogP contribution in [0.3, 0.4) is 0 Å². The van der Waals surface area contributed by atoms with E-state index in [0.717, 1.165) is 37.3 Å². The van der Waals surface area contributed by atoms with Gasteiger partial charge in [-0.25, -0.2) is 15.0 Å². The average molecular weight is 333 g/mol. The van der Waals surface area contributed by atoms with Crippen molar-refractivity contribution in [2.24, 2.45) is 0 Å². The number of imidazole rings is 1. The van der Waals surface area contributed by atoms with Crippen LogP contribution in [0.4, 0.5) is 5.82 Å². The normalized spacial score (nSPS) is 11.0. The van der Waals surface area contributed by atoms with Crippen molar-refractivity contribution in [2.75, 3.05) is 5.73 Å². The summed E-state index contributed by atoms with van der Waals surface area (Å²) in [6, 6.07) is 4.42. The number of unbranched alkanes of at least 4 members (excludes halogenated alkanes) is 1.